The highest BCUT2D eigenvalue weighted by Crippen LogP contribution is 2.18. The molecular weight excluding hydrogens is 274 g/mol. The molecule has 1 amide bonds. The number of carboxylic acids is 1. The van der Waals surface area contributed by atoms with Gasteiger partial charge in [-0.3, -0.25) is 4.79 Å². The Morgan fingerprint density at radius 1 is 1.20 bits per heavy atom. The summed E-state index contributed by atoms with van der Waals surface area (Å²) in [6, 6.07) is 10.4. The van der Waals surface area contributed by atoms with Gasteiger partial charge in [-0.2, -0.15) is 0 Å². The number of nitrogens with zero attached hydrogens (tertiary/aromatic N) is 1. The van der Waals surface area contributed by atoms with Crippen molar-refractivity contribution in [2.75, 3.05) is 11.4 Å². The molecule has 2 rings (SSSR count). The molecule has 20 heavy (non-hydrogen) atoms. The lowest BCUT2D eigenvalue weighted by Gasteiger charge is -2.21. The zero-order chi connectivity index (χ0) is 14.5. The molecule has 1 N–H and O–H groups in total. The second-order valence-corrected chi connectivity index (χ2v) is 5.38. The van der Waals surface area contributed by atoms with Crippen LogP contribution in [0, 0.1) is 0 Å². The number of thiophene rings is 1. The van der Waals surface area contributed by atoms with Gasteiger partial charge in [-0.05, 0) is 42.1 Å². The van der Waals surface area contributed by atoms with Crippen molar-refractivity contribution in [2.24, 2.45) is 0 Å². The summed E-state index contributed by atoms with van der Waals surface area (Å²) in [6.45, 7) is 2.10. The second kappa shape index (κ2) is 6.34. The van der Waals surface area contributed by atoms with Crippen LogP contribution >= 0.6 is 11.3 Å². The van der Waals surface area contributed by atoms with Crippen LogP contribution < -0.4 is 4.90 Å². The van der Waals surface area contributed by atoms with E-state index >= 15 is 0 Å². The third-order valence-electron chi connectivity index (χ3n) is 2.97. The van der Waals surface area contributed by atoms with Gasteiger partial charge < -0.3 is 10.0 Å². The molecule has 2 aromatic rings. The Morgan fingerprint density at radius 3 is 2.40 bits per heavy atom. The zero-order valence-corrected chi connectivity index (χ0v) is 11.9. The number of benzene rings is 1. The highest BCUT2D eigenvalue weighted by Gasteiger charge is 2.12. The number of aromatic carboxylic acids is 1. The zero-order valence-electron chi connectivity index (χ0n) is 11.1. The molecular formula is C15H15NO3S. The van der Waals surface area contributed by atoms with Crippen LogP contribution in [0.1, 0.15) is 22.2 Å². The predicted molar refractivity (Wildman–Crippen MR) is 79.5 cm³/mol. The minimum absolute atomic E-state index is 0.0513. The van der Waals surface area contributed by atoms with E-state index in [1.807, 2.05) is 17.5 Å². The quantitative estimate of drug-likeness (QED) is 0.920. The van der Waals surface area contributed by atoms with E-state index in [-0.39, 0.29) is 11.5 Å². The maximum atomic E-state index is 11.7. The van der Waals surface area contributed by atoms with Crippen LogP contribution in [-0.4, -0.2) is 23.5 Å². The van der Waals surface area contributed by atoms with E-state index in [2.05, 4.69) is 0 Å². The standard InChI is InChI=1S/C15H15NO3S/c1-11(17)16(9-8-14-3-2-10-20-14)13-6-4-12(5-7-13)15(18)19/h2-7,10H,8-9H2,1H3,(H,18,19). The lowest BCUT2D eigenvalue weighted by atomic mass is 10.2. The van der Waals surface area contributed by atoms with E-state index in [0.29, 0.717) is 6.54 Å². The Labute approximate surface area is 121 Å². The van der Waals surface area contributed by atoms with Crippen molar-refractivity contribution >= 4 is 28.9 Å². The van der Waals surface area contributed by atoms with E-state index in [1.165, 1.54) is 23.9 Å². The Morgan fingerprint density at radius 2 is 1.90 bits per heavy atom. The number of amides is 1. The second-order valence-electron chi connectivity index (χ2n) is 4.35. The minimum Gasteiger partial charge on any atom is -0.478 e. The molecule has 0 spiro atoms. The molecule has 0 aliphatic rings. The number of carboxylic acid groups (broad SMARTS) is 1. The van der Waals surface area contributed by atoms with Crippen LogP contribution in [0.15, 0.2) is 41.8 Å². The summed E-state index contributed by atoms with van der Waals surface area (Å²) in [5.41, 5.74) is 0.939. The molecule has 0 fully saturated rings. The van der Waals surface area contributed by atoms with E-state index in [0.717, 1.165) is 12.1 Å². The molecule has 0 aliphatic carbocycles. The summed E-state index contributed by atoms with van der Waals surface area (Å²) in [6.07, 6.45) is 0.790. The normalized spacial score (nSPS) is 10.2. The number of carbonyl (C=O) groups excluding carboxylic acids is 1. The van der Waals surface area contributed by atoms with Crippen LogP contribution in [0.3, 0.4) is 0 Å². The van der Waals surface area contributed by atoms with Crippen LogP contribution in [0.5, 0.6) is 0 Å². The van der Waals surface area contributed by atoms with Gasteiger partial charge in [-0.15, -0.1) is 11.3 Å². The first kappa shape index (κ1) is 14.3. The number of anilines is 1. The van der Waals surface area contributed by atoms with Crippen molar-refractivity contribution < 1.29 is 14.7 Å². The number of rotatable bonds is 5. The fourth-order valence-electron chi connectivity index (χ4n) is 1.93. The van der Waals surface area contributed by atoms with Gasteiger partial charge in [0.1, 0.15) is 0 Å². The molecule has 0 unspecified atom stereocenters. The minimum atomic E-state index is -0.968. The molecule has 4 nitrogen and oxygen atoms in total. The van der Waals surface area contributed by atoms with Gasteiger partial charge in [0.05, 0.1) is 5.56 Å². The third-order valence-corrected chi connectivity index (χ3v) is 3.90. The van der Waals surface area contributed by atoms with Gasteiger partial charge in [0.2, 0.25) is 5.91 Å². The van der Waals surface area contributed by atoms with Crippen molar-refractivity contribution in [3.05, 3.63) is 52.2 Å². The Balaban J connectivity index is 2.11. The van der Waals surface area contributed by atoms with Gasteiger partial charge in [-0.1, -0.05) is 6.07 Å². The number of carbonyl (C=O) groups is 2. The molecule has 1 aromatic heterocycles. The highest BCUT2D eigenvalue weighted by molar-refractivity contribution is 7.09. The molecule has 104 valence electrons. The fraction of sp³-hybridized carbons (Fsp3) is 0.200. The van der Waals surface area contributed by atoms with E-state index in [9.17, 15) is 9.59 Å². The third kappa shape index (κ3) is 3.45. The molecule has 0 saturated carbocycles. The average molecular weight is 289 g/mol. The fourth-order valence-corrected chi connectivity index (χ4v) is 2.63. The van der Waals surface area contributed by atoms with Crippen LogP contribution in [0.4, 0.5) is 5.69 Å². The van der Waals surface area contributed by atoms with Crippen molar-refractivity contribution in [3.63, 3.8) is 0 Å². The van der Waals surface area contributed by atoms with E-state index in [4.69, 9.17) is 5.11 Å². The van der Waals surface area contributed by atoms with Gasteiger partial charge in [0.25, 0.3) is 0 Å². The highest BCUT2D eigenvalue weighted by atomic mass is 32.1. The maximum absolute atomic E-state index is 11.7. The molecule has 0 aliphatic heterocycles. The monoisotopic (exact) mass is 289 g/mol. The maximum Gasteiger partial charge on any atom is 0.335 e. The Hall–Kier alpha value is -2.14. The van der Waals surface area contributed by atoms with E-state index in [1.54, 1.807) is 28.4 Å². The first-order chi connectivity index (χ1) is 9.58. The lowest BCUT2D eigenvalue weighted by Crippen LogP contribution is -2.30. The molecule has 1 aromatic carbocycles. The molecule has 1 heterocycles. The predicted octanol–water partition coefficient (Wildman–Crippen LogP) is 3.04. The first-order valence-corrected chi connectivity index (χ1v) is 7.10. The smallest absolute Gasteiger partial charge is 0.335 e. The van der Waals surface area contributed by atoms with Crippen LogP contribution in [-0.2, 0) is 11.2 Å². The van der Waals surface area contributed by atoms with E-state index < -0.39 is 5.97 Å². The van der Waals surface area contributed by atoms with Gasteiger partial charge >= 0.3 is 5.97 Å². The average Bonchev–Trinajstić information content (AvgIpc) is 2.92. The molecule has 0 saturated heterocycles. The van der Waals surface area contributed by atoms with Crippen LogP contribution in [0.2, 0.25) is 0 Å². The molecule has 0 bridgehead atoms. The summed E-state index contributed by atoms with van der Waals surface area (Å²) in [5, 5.41) is 10.9. The topological polar surface area (TPSA) is 57.6 Å². The number of hydrogen-bond donors (Lipinski definition) is 1. The molecule has 0 atom stereocenters. The van der Waals surface area contributed by atoms with Crippen LogP contribution in [0.25, 0.3) is 0 Å². The SMILES string of the molecule is CC(=O)N(CCc1cccs1)c1ccc(C(=O)O)cc1. The summed E-state index contributed by atoms with van der Waals surface area (Å²) < 4.78 is 0. The van der Waals surface area contributed by atoms with Crippen molar-refractivity contribution in [3.8, 4) is 0 Å². The number of hydrogen-bond acceptors (Lipinski definition) is 3. The van der Waals surface area contributed by atoms with Crippen molar-refractivity contribution in [2.45, 2.75) is 13.3 Å². The summed E-state index contributed by atoms with van der Waals surface area (Å²) in [4.78, 5) is 25.4. The summed E-state index contributed by atoms with van der Waals surface area (Å²) in [5.74, 6) is -1.02. The molecule has 5 heteroatoms. The largest absolute Gasteiger partial charge is 0.478 e. The molecule has 0 radical (unpaired) electrons. The lowest BCUT2D eigenvalue weighted by molar-refractivity contribution is -0.116. The summed E-state index contributed by atoms with van der Waals surface area (Å²) in [7, 11) is 0. The first-order valence-electron chi connectivity index (χ1n) is 6.22. The van der Waals surface area contributed by atoms with Crippen molar-refractivity contribution in [1.29, 1.82) is 0 Å². The van der Waals surface area contributed by atoms with Gasteiger partial charge in [-0.25, -0.2) is 4.79 Å². The van der Waals surface area contributed by atoms with Gasteiger partial charge in [0, 0.05) is 24.0 Å². The van der Waals surface area contributed by atoms with Crippen molar-refractivity contribution in [1.82, 2.24) is 0 Å². The summed E-state index contributed by atoms with van der Waals surface area (Å²) >= 11 is 1.66. The Kier molecular flexibility index (Phi) is 4.53. The van der Waals surface area contributed by atoms with Gasteiger partial charge in [0.15, 0.2) is 0 Å². The Bertz CT molecular complexity index is 590.